The van der Waals surface area contributed by atoms with Gasteiger partial charge in [0, 0.05) is 6.54 Å². The maximum absolute atomic E-state index is 12.4. The summed E-state index contributed by atoms with van der Waals surface area (Å²) in [6.45, 7) is 0.0875. The van der Waals surface area contributed by atoms with Crippen LogP contribution in [0.5, 0.6) is 0 Å². The molecule has 1 heterocycles. The first kappa shape index (κ1) is 12.3. The molecular formula is C12H13NO2S2. The first-order chi connectivity index (χ1) is 8.16. The van der Waals surface area contributed by atoms with Crippen LogP contribution >= 0.6 is 11.3 Å². The molecule has 0 aliphatic heterocycles. The molecule has 0 radical (unpaired) electrons. The van der Waals surface area contributed by atoms with Crippen molar-refractivity contribution in [2.24, 2.45) is 5.73 Å². The van der Waals surface area contributed by atoms with E-state index in [0.717, 1.165) is 5.56 Å². The van der Waals surface area contributed by atoms with Gasteiger partial charge in [-0.05, 0) is 17.0 Å². The molecule has 1 aromatic heterocycles. The average molecular weight is 267 g/mol. The lowest BCUT2D eigenvalue weighted by Gasteiger charge is -2.14. The molecule has 0 aliphatic carbocycles. The summed E-state index contributed by atoms with van der Waals surface area (Å²) in [7, 11) is -3.37. The Balaban J connectivity index is 2.44. The SMILES string of the molecule is NC[C@H](c1ccccc1)S(=O)(=O)c1cccs1. The molecule has 0 bridgehead atoms. The van der Waals surface area contributed by atoms with Crippen molar-refractivity contribution in [3.8, 4) is 0 Å². The number of nitrogens with two attached hydrogens (primary N) is 1. The zero-order valence-electron chi connectivity index (χ0n) is 9.11. The second-order valence-electron chi connectivity index (χ2n) is 3.61. The van der Waals surface area contributed by atoms with E-state index in [-0.39, 0.29) is 6.54 Å². The molecule has 0 saturated heterocycles. The summed E-state index contributed by atoms with van der Waals surface area (Å²) in [4.78, 5) is 0. The number of sulfone groups is 1. The Morgan fingerprint density at radius 2 is 1.82 bits per heavy atom. The molecular weight excluding hydrogens is 254 g/mol. The van der Waals surface area contributed by atoms with Crippen LogP contribution in [0.15, 0.2) is 52.1 Å². The van der Waals surface area contributed by atoms with Crippen LogP contribution in [0.2, 0.25) is 0 Å². The Morgan fingerprint density at radius 1 is 1.12 bits per heavy atom. The van der Waals surface area contributed by atoms with Crippen molar-refractivity contribution in [2.75, 3.05) is 6.54 Å². The Morgan fingerprint density at radius 3 is 2.35 bits per heavy atom. The molecule has 1 aromatic carbocycles. The fourth-order valence-corrected chi connectivity index (χ4v) is 4.49. The predicted molar refractivity (Wildman–Crippen MR) is 69.7 cm³/mol. The second-order valence-corrected chi connectivity index (χ2v) is 6.92. The molecule has 2 N–H and O–H groups in total. The van der Waals surface area contributed by atoms with Gasteiger partial charge in [0.25, 0.3) is 0 Å². The molecule has 0 saturated carbocycles. The van der Waals surface area contributed by atoms with E-state index in [1.807, 2.05) is 18.2 Å². The molecule has 0 fully saturated rings. The van der Waals surface area contributed by atoms with Gasteiger partial charge in [0.2, 0.25) is 0 Å². The van der Waals surface area contributed by atoms with Crippen molar-refractivity contribution >= 4 is 21.2 Å². The summed E-state index contributed by atoms with van der Waals surface area (Å²) in [5, 5.41) is 1.09. The first-order valence-corrected chi connectivity index (χ1v) is 7.61. The number of benzene rings is 1. The highest BCUT2D eigenvalue weighted by atomic mass is 32.2. The van der Waals surface area contributed by atoms with Gasteiger partial charge < -0.3 is 5.73 Å². The number of thiophene rings is 1. The third kappa shape index (κ3) is 2.41. The van der Waals surface area contributed by atoms with Crippen molar-refractivity contribution in [1.82, 2.24) is 0 Å². The number of rotatable bonds is 4. The van der Waals surface area contributed by atoms with Gasteiger partial charge in [-0.3, -0.25) is 0 Å². The summed E-state index contributed by atoms with van der Waals surface area (Å²) < 4.78 is 25.1. The highest BCUT2D eigenvalue weighted by molar-refractivity contribution is 7.93. The zero-order valence-corrected chi connectivity index (χ0v) is 10.7. The van der Waals surface area contributed by atoms with Crippen LogP contribution in [0, 0.1) is 0 Å². The van der Waals surface area contributed by atoms with E-state index in [2.05, 4.69) is 0 Å². The third-order valence-corrected chi connectivity index (χ3v) is 6.09. The molecule has 2 rings (SSSR count). The van der Waals surface area contributed by atoms with E-state index in [1.54, 1.807) is 29.6 Å². The summed E-state index contributed by atoms with van der Waals surface area (Å²) in [6.07, 6.45) is 0. The molecule has 5 heteroatoms. The van der Waals surface area contributed by atoms with Crippen LogP contribution in [-0.4, -0.2) is 15.0 Å². The summed E-state index contributed by atoms with van der Waals surface area (Å²) >= 11 is 1.22. The lowest BCUT2D eigenvalue weighted by molar-refractivity contribution is 0.584. The Labute approximate surface area is 105 Å². The topological polar surface area (TPSA) is 60.2 Å². The van der Waals surface area contributed by atoms with Gasteiger partial charge in [-0.1, -0.05) is 36.4 Å². The lowest BCUT2D eigenvalue weighted by atomic mass is 10.1. The molecule has 1 atom stereocenters. The number of hydrogen-bond acceptors (Lipinski definition) is 4. The predicted octanol–water partition coefficient (Wildman–Crippen LogP) is 2.22. The minimum atomic E-state index is -3.37. The van der Waals surface area contributed by atoms with Crippen molar-refractivity contribution in [2.45, 2.75) is 9.46 Å². The van der Waals surface area contributed by atoms with Gasteiger partial charge in [0.05, 0.1) is 0 Å². The number of hydrogen-bond donors (Lipinski definition) is 1. The molecule has 3 nitrogen and oxygen atoms in total. The highest BCUT2D eigenvalue weighted by Gasteiger charge is 2.28. The fraction of sp³-hybridized carbons (Fsp3) is 0.167. The second kappa shape index (κ2) is 5.00. The molecule has 2 aromatic rings. The summed E-state index contributed by atoms with van der Waals surface area (Å²) in [6, 6.07) is 12.4. The van der Waals surface area contributed by atoms with Crippen LogP contribution in [0.1, 0.15) is 10.8 Å². The fourth-order valence-electron chi connectivity index (χ4n) is 1.68. The van der Waals surface area contributed by atoms with E-state index in [9.17, 15) is 8.42 Å². The molecule has 0 spiro atoms. The van der Waals surface area contributed by atoms with Gasteiger partial charge in [-0.2, -0.15) is 0 Å². The van der Waals surface area contributed by atoms with Gasteiger partial charge >= 0.3 is 0 Å². The summed E-state index contributed by atoms with van der Waals surface area (Å²) in [5.41, 5.74) is 6.36. The van der Waals surface area contributed by atoms with Gasteiger partial charge in [0.1, 0.15) is 9.46 Å². The Hall–Kier alpha value is -1.17. The van der Waals surface area contributed by atoms with Gasteiger partial charge in [0.15, 0.2) is 9.84 Å². The van der Waals surface area contributed by atoms with Crippen molar-refractivity contribution in [3.63, 3.8) is 0 Å². The smallest absolute Gasteiger partial charge is 0.195 e. The average Bonchev–Trinajstić information content (AvgIpc) is 2.85. The molecule has 17 heavy (non-hydrogen) atoms. The van der Waals surface area contributed by atoms with E-state index in [4.69, 9.17) is 5.73 Å². The van der Waals surface area contributed by atoms with Crippen molar-refractivity contribution < 1.29 is 8.42 Å². The largest absolute Gasteiger partial charge is 0.329 e. The maximum atomic E-state index is 12.4. The zero-order chi connectivity index (χ0) is 12.3. The van der Waals surface area contributed by atoms with E-state index in [1.165, 1.54) is 11.3 Å². The quantitative estimate of drug-likeness (QED) is 0.924. The monoisotopic (exact) mass is 267 g/mol. The Bertz CT molecular complexity index is 562. The summed E-state index contributed by atoms with van der Waals surface area (Å²) in [5.74, 6) is 0. The minimum Gasteiger partial charge on any atom is -0.329 e. The van der Waals surface area contributed by atoms with Crippen LogP contribution in [0.4, 0.5) is 0 Å². The van der Waals surface area contributed by atoms with E-state index < -0.39 is 15.1 Å². The highest BCUT2D eigenvalue weighted by Crippen LogP contribution is 2.30. The van der Waals surface area contributed by atoms with Crippen LogP contribution in [0.3, 0.4) is 0 Å². The van der Waals surface area contributed by atoms with Crippen molar-refractivity contribution in [1.29, 1.82) is 0 Å². The Kier molecular flexibility index (Phi) is 3.61. The van der Waals surface area contributed by atoms with E-state index in [0.29, 0.717) is 4.21 Å². The standard InChI is InChI=1S/C12H13NO2S2/c13-9-11(10-5-2-1-3-6-10)17(14,15)12-7-4-8-16-12/h1-8,11H,9,13H2/t11-/m1/s1. The van der Waals surface area contributed by atoms with Crippen molar-refractivity contribution in [3.05, 3.63) is 53.4 Å². The van der Waals surface area contributed by atoms with Crippen LogP contribution in [-0.2, 0) is 9.84 Å². The van der Waals surface area contributed by atoms with Gasteiger partial charge in [-0.15, -0.1) is 11.3 Å². The molecule has 0 aliphatic rings. The van der Waals surface area contributed by atoms with Crippen LogP contribution < -0.4 is 5.73 Å². The molecule has 0 unspecified atom stereocenters. The first-order valence-electron chi connectivity index (χ1n) is 5.18. The normalized spacial score (nSPS) is 13.5. The maximum Gasteiger partial charge on any atom is 0.195 e. The van der Waals surface area contributed by atoms with Crippen LogP contribution in [0.25, 0.3) is 0 Å². The molecule has 90 valence electrons. The molecule has 0 amide bonds. The minimum absolute atomic E-state index is 0.0875. The van der Waals surface area contributed by atoms with E-state index >= 15 is 0 Å². The van der Waals surface area contributed by atoms with Gasteiger partial charge in [-0.25, -0.2) is 8.42 Å². The third-order valence-electron chi connectivity index (χ3n) is 2.54. The lowest BCUT2D eigenvalue weighted by Crippen LogP contribution is -2.21.